The average molecular weight is 395 g/mol. The summed E-state index contributed by atoms with van der Waals surface area (Å²) in [7, 11) is 2.00. The third-order valence-electron chi connectivity index (χ3n) is 2.48. The molecule has 0 saturated heterocycles. The molecule has 0 aliphatic carbocycles. The van der Waals surface area contributed by atoms with Gasteiger partial charge in [0, 0.05) is 23.7 Å². The Hall–Kier alpha value is -0.370. The van der Waals surface area contributed by atoms with Gasteiger partial charge in [-0.15, -0.1) is 11.3 Å². The fourth-order valence-electron chi connectivity index (χ4n) is 1.62. The van der Waals surface area contributed by atoms with Gasteiger partial charge in [-0.3, -0.25) is 4.90 Å². The summed E-state index contributed by atoms with van der Waals surface area (Å²) in [4.78, 5) is 6.35. The van der Waals surface area contributed by atoms with Crippen molar-refractivity contribution in [1.82, 2.24) is 9.88 Å². The van der Waals surface area contributed by atoms with Gasteiger partial charge in [-0.05, 0) is 35.7 Å². The van der Waals surface area contributed by atoms with E-state index in [4.69, 9.17) is 11.6 Å². The smallest absolute Gasteiger partial charge is 0.134 e. The molecule has 0 saturated carbocycles. The summed E-state index contributed by atoms with van der Waals surface area (Å²) >= 11 is 9.64. The predicted octanol–water partition coefficient (Wildman–Crippen LogP) is 3.74. The van der Waals surface area contributed by atoms with Crippen LogP contribution in [0.2, 0.25) is 5.02 Å². The molecule has 0 amide bonds. The zero-order valence-corrected chi connectivity index (χ0v) is 13.5. The minimum absolute atomic E-state index is 0.272. The summed E-state index contributed by atoms with van der Waals surface area (Å²) in [5.74, 6) is 0.272. The minimum Gasteiger partial charge on any atom is -0.506 e. The van der Waals surface area contributed by atoms with Crippen molar-refractivity contribution in [2.45, 2.75) is 13.1 Å². The lowest BCUT2D eigenvalue weighted by Crippen LogP contribution is -2.17. The van der Waals surface area contributed by atoms with E-state index in [-0.39, 0.29) is 5.75 Å². The van der Waals surface area contributed by atoms with Gasteiger partial charge in [0.15, 0.2) is 0 Å². The molecule has 1 aromatic heterocycles. The lowest BCUT2D eigenvalue weighted by atomic mass is 10.2. The van der Waals surface area contributed by atoms with E-state index in [1.807, 2.05) is 24.6 Å². The molecule has 96 valence electrons. The Labute approximate surface area is 129 Å². The van der Waals surface area contributed by atoms with Gasteiger partial charge in [0.25, 0.3) is 0 Å². The summed E-state index contributed by atoms with van der Waals surface area (Å²) in [6, 6.07) is 3.67. The normalized spacial score (nSPS) is 11.1. The number of rotatable bonds is 4. The first-order chi connectivity index (χ1) is 8.58. The maximum Gasteiger partial charge on any atom is 0.134 e. The topological polar surface area (TPSA) is 36.4 Å². The maximum absolute atomic E-state index is 10.0. The van der Waals surface area contributed by atoms with Crippen LogP contribution in [0.3, 0.4) is 0 Å². The second kappa shape index (κ2) is 6.18. The summed E-state index contributed by atoms with van der Waals surface area (Å²) in [5.41, 5.74) is 0.878. The van der Waals surface area contributed by atoms with Gasteiger partial charge in [0.2, 0.25) is 0 Å². The molecule has 0 fully saturated rings. The third-order valence-corrected chi connectivity index (χ3v) is 4.97. The molecular weight excluding hydrogens is 383 g/mol. The van der Waals surface area contributed by atoms with Crippen LogP contribution in [0, 0.1) is 3.57 Å². The van der Waals surface area contributed by atoms with Crippen LogP contribution in [0.25, 0.3) is 0 Å². The van der Waals surface area contributed by atoms with E-state index in [9.17, 15) is 5.11 Å². The first kappa shape index (κ1) is 14.0. The van der Waals surface area contributed by atoms with Crippen molar-refractivity contribution in [3.05, 3.63) is 42.9 Å². The van der Waals surface area contributed by atoms with E-state index in [1.165, 1.54) is 0 Å². The molecule has 3 nitrogen and oxygen atoms in total. The van der Waals surface area contributed by atoms with Crippen LogP contribution in [0.15, 0.2) is 23.7 Å². The van der Waals surface area contributed by atoms with Gasteiger partial charge >= 0.3 is 0 Å². The SMILES string of the molecule is CN(Cc1nccs1)Cc1ccc(Cl)c(I)c1O. The Balaban J connectivity index is 2.07. The summed E-state index contributed by atoms with van der Waals surface area (Å²) in [5, 5.41) is 13.6. The number of benzene rings is 1. The molecule has 0 spiro atoms. The largest absolute Gasteiger partial charge is 0.506 e. The quantitative estimate of drug-likeness (QED) is 0.803. The second-order valence-corrected chi connectivity index (χ2v) is 6.43. The molecule has 0 aliphatic heterocycles. The highest BCUT2D eigenvalue weighted by molar-refractivity contribution is 14.1. The molecule has 0 atom stereocenters. The first-order valence-electron chi connectivity index (χ1n) is 5.30. The van der Waals surface area contributed by atoms with Gasteiger partial charge in [0.1, 0.15) is 10.8 Å². The van der Waals surface area contributed by atoms with Crippen LogP contribution < -0.4 is 0 Å². The lowest BCUT2D eigenvalue weighted by molar-refractivity contribution is 0.312. The van der Waals surface area contributed by atoms with E-state index < -0.39 is 0 Å². The molecule has 2 rings (SSSR count). The van der Waals surface area contributed by atoms with Gasteiger partial charge in [-0.2, -0.15) is 0 Å². The monoisotopic (exact) mass is 394 g/mol. The molecule has 0 bridgehead atoms. The van der Waals surface area contributed by atoms with Crippen LogP contribution in [-0.2, 0) is 13.1 Å². The first-order valence-corrected chi connectivity index (χ1v) is 7.64. The average Bonchev–Trinajstić information content (AvgIpc) is 2.83. The number of aromatic nitrogens is 1. The highest BCUT2D eigenvalue weighted by Crippen LogP contribution is 2.31. The molecule has 6 heteroatoms. The van der Waals surface area contributed by atoms with Crippen LogP contribution in [0.5, 0.6) is 5.75 Å². The molecule has 0 aliphatic rings. The van der Waals surface area contributed by atoms with Crippen molar-refractivity contribution in [2.24, 2.45) is 0 Å². The standard InChI is InChI=1S/C12H12ClIN2OS/c1-16(7-10-15-4-5-18-10)6-8-2-3-9(13)11(14)12(8)17/h2-5,17H,6-7H2,1H3. The molecule has 1 N–H and O–H groups in total. The van der Waals surface area contributed by atoms with E-state index >= 15 is 0 Å². The number of phenolic OH excluding ortho intramolecular Hbond substituents is 1. The van der Waals surface area contributed by atoms with Crippen molar-refractivity contribution in [2.75, 3.05) is 7.05 Å². The van der Waals surface area contributed by atoms with Gasteiger partial charge in [-0.25, -0.2) is 4.98 Å². The summed E-state index contributed by atoms with van der Waals surface area (Å²) in [6.07, 6.45) is 1.80. The van der Waals surface area contributed by atoms with Crippen LogP contribution in [0.4, 0.5) is 0 Å². The zero-order valence-electron chi connectivity index (χ0n) is 9.73. The Bertz CT molecular complexity index is 533. The van der Waals surface area contributed by atoms with Crippen molar-refractivity contribution in [3.8, 4) is 5.75 Å². The fraction of sp³-hybridized carbons (Fsp3) is 0.250. The van der Waals surface area contributed by atoms with E-state index in [0.29, 0.717) is 15.1 Å². The van der Waals surface area contributed by atoms with Crippen molar-refractivity contribution in [3.63, 3.8) is 0 Å². The van der Waals surface area contributed by atoms with Crippen molar-refractivity contribution < 1.29 is 5.11 Å². The molecule has 0 unspecified atom stereocenters. The van der Waals surface area contributed by atoms with Crippen molar-refractivity contribution in [1.29, 1.82) is 0 Å². The number of hydrogen-bond acceptors (Lipinski definition) is 4. The number of hydrogen-bond donors (Lipinski definition) is 1. The number of nitrogens with zero attached hydrogens (tertiary/aromatic N) is 2. The fourth-order valence-corrected chi connectivity index (χ4v) is 2.99. The molecule has 1 aromatic carbocycles. The Morgan fingerprint density at radius 3 is 2.89 bits per heavy atom. The number of phenols is 1. The Morgan fingerprint density at radius 1 is 1.44 bits per heavy atom. The molecule has 1 heterocycles. The highest BCUT2D eigenvalue weighted by Gasteiger charge is 2.11. The molecular formula is C12H12ClIN2OS. The Morgan fingerprint density at radius 2 is 2.22 bits per heavy atom. The van der Waals surface area contributed by atoms with E-state index in [1.54, 1.807) is 17.5 Å². The third kappa shape index (κ3) is 3.34. The number of halogens is 2. The zero-order chi connectivity index (χ0) is 13.1. The van der Waals surface area contributed by atoms with Gasteiger partial charge in [-0.1, -0.05) is 17.7 Å². The molecule has 0 radical (unpaired) electrons. The second-order valence-electron chi connectivity index (χ2n) is 3.97. The predicted molar refractivity (Wildman–Crippen MR) is 83.1 cm³/mol. The maximum atomic E-state index is 10.0. The van der Waals surface area contributed by atoms with E-state index in [0.717, 1.165) is 17.1 Å². The van der Waals surface area contributed by atoms with Gasteiger partial charge < -0.3 is 5.11 Å². The van der Waals surface area contributed by atoms with Crippen LogP contribution in [0.1, 0.15) is 10.6 Å². The Kier molecular flexibility index (Phi) is 4.83. The highest BCUT2D eigenvalue weighted by atomic mass is 127. The van der Waals surface area contributed by atoms with Crippen molar-refractivity contribution >= 4 is 45.5 Å². The van der Waals surface area contributed by atoms with Crippen LogP contribution >= 0.6 is 45.5 Å². The molecule has 2 aromatic rings. The van der Waals surface area contributed by atoms with Crippen LogP contribution in [-0.4, -0.2) is 22.0 Å². The lowest BCUT2D eigenvalue weighted by Gasteiger charge is -2.16. The summed E-state index contributed by atoms with van der Waals surface area (Å²) < 4.78 is 0.703. The molecule has 18 heavy (non-hydrogen) atoms. The minimum atomic E-state index is 0.272. The van der Waals surface area contributed by atoms with Gasteiger partial charge in [0.05, 0.1) is 15.1 Å². The number of aromatic hydroxyl groups is 1. The summed E-state index contributed by atoms with van der Waals surface area (Å²) in [6.45, 7) is 1.44. The number of thiazole rings is 1. The van der Waals surface area contributed by atoms with E-state index in [2.05, 4.69) is 32.5 Å².